The third-order valence-corrected chi connectivity index (χ3v) is 4.59. The van der Waals surface area contributed by atoms with Gasteiger partial charge >= 0.3 is 0 Å². The van der Waals surface area contributed by atoms with Crippen molar-refractivity contribution >= 4 is 45.8 Å². The summed E-state index contributed by atoms with van der Waals surface area (Å²) < 4.78 is 1.11. The first-order chi connectivity index (χ1) is 11.5. The van der Waals surface area contributed by atoms with Crippen LogP contribution in [0.4, 0.5) is 11.4 Å². The molecular weight excluding hydrogens is 415 g/mol. The zero-order valence-electron chi connectivity index (χ0n) is 13.8. The summed E-state index contributed by atoms with van der Waals surface area (Å²) in [6, 6.07) is 14.5. The van der Waals surface area contributed by atoms with E-state index < -0.39 is 0 Å². The lowest BCUT2D eigenvalue weighted by Crippen LogP contribution is -2.21. The minimum Gasteiger partial charge on any atom is -0.326 e. The van der Waals surface area contributed by atoms with Gasteiger partial charge in [-0.3, -0.25) is 9.59 Å². The maximum absolute atomic E-state index is 12.2. The highest BCUT2D eigenvalue weighted by Gasteiger charge is 2.14. The Morgan fingerprint density at radius 3 is 1.92 bits per heavy atom. The smallest absolute Gasteiger partial charge is 0.255 e. The van der Waals surface area contributed by atoms with Crippen molar-refractivity contribution in [3.8, 4) is 0 Å². The largest absolute Gasteiger partial charge is 0.326 e. The molecule has 2 aromatic rings. The van der Waals surface area contributed by atoms with Crippen LogP contribution in [0.25, 0.3) is 0 Å². The van der Waals surface area contributed by atoms with Gasteiger partial charge in [0, 0.05) is 26.4 Å². The van der Waals surface area contributed by atoms with Crippen LogP contribution in [0.1, 0.15) is 37.0 Å². The van der Waals surface area contributed by atoms with E-state index in [0.717, 1.165) is 22.1 Å². The Balaban J connectivity index is 1.99. The predicted molar refractivity (Wildman–Crippen MR) is 106 cm³/mol. The fourth-order valence-corrected chi connectivity index (χ4v) is 2.70. The van der Waals surface area contributed by atoms with Gasteiger partial charge in [0.05, 0.1) is 0 Å². The highest BCUT2D eigenvalue weighted by atomic mass is 127. The molecule has 2 amide bonds. The van der Waals surface area contributed by atoms with E-state index in [2.05, 4.69) is 33.2 Å². The minimum absolute atomic E-state index is 0.0221. The molecule has 2 aromatic carbocycles. The molecule has 2 rings (SSSR count). The van der Waals surface area contributed by atoms with Gasteiger partial charge < -0.3 is 10.6 Å². The lowest BCUT2D eigenvalue weighted by Gasteiger charge is -2.13. The molecule has 2 N–H and O–H groups in total. The Kier molecular flexibility index (Phi) is 6.78. The summed E-state index contributed by atoms with van der Waals surface area (Å²) in [6.45, 7) is 4.01. The van der Waals surface area contributed by atoms with E-state index in [1.165, 1.54) is 0 Å². The third-order valence-electron chi connectivity index (χ3n) is 3.87. The topological polar surface area (TPSA) is 58.2 Å². The number of halogens is 1. The van der Waals surface area contributed by atoms with Gasteiger partial charge in [-0.2, -0.15) is 0 Å². The van der Waals surface area contributed by atoms with Crippen molar-refractivity contribution in [2.75, 3.05) is 10.6 Å². The fraction of sp³-hybridized carbons (Fsp3) is 0.263. The van der Waals surface area contributed by atoms with Crippen molar-refractivity contribution in [2.24, 2.45) is 5.92 Å². The van der Waals surface area contributed by atoms with Gasteiger partial charge in [0.1, 0.15) is 0 Å². The van der Waals surface area contributed by atoms with E-state index in [-0.39, 0.29) is 17.7 Å². The predicted octanol–water partition coefficient (Wildman–Crippen LogP) is 4.92. The molecule has 0 unspecified atom stereocenters. The first-order valence-electron chi connectivity index (χ1n) is 8.01. The standard InChI is InChI=1S/C19H21IN2O2/c1-3-13(4-2)18(23)21-16-9-5-14(6-10-16)19(24)22-17-11-7-15(20)8-12-17/h5-13H,3-4H2,1-2H3,(H,21,23)(H,22,24). The van der Waals surface area contributed by atoms with Crippen molar-refractivity contribution < 1.29 is 9.59 Å². The summed E-state index contributed by atoms with van der Waals surface area (Å²) in [5, 5.41) is 5.75. The average molecular weight is 436 g/mol. The Bertz CT molecular complexity index is 692. The molecule has 0 spiro atoms. The highest BCUT2D eigenvalue weighted by molar-refractivity contribution is 14.1. The van der Waals surface area contributed by atoms with E-state index in [1.54, 1.807) is 24.3 Å². The van der Waals surface area contributed by atoms with Gasteiger partial charge in [0.2, 0.25) is 5.91 Å². The lowest BCUT2D eigenvalue weighted by atomic mass is 10.0. The summed E-state index contributed by atoms with van der Waals surface area (Å²) in [7, 11) is 0. The second kappa shape index (κ2) is 8.82. The number of hydrogen-bond acceptors (Lipinski definition) is 2. The number of carbonyl (C=O) groups excluding carboxylic acids is 2. The van der Waals surface area contributed by atoms with Crippen molar-refractivity contribution in [1.29, 1.82) is 0 Å². The molecule has 4 nitrogen and oxygen atoms in total. The molecule has 0 heterocycles. The monoisotopic (exact) mass is 436 g/mol. The molecule has 0 aliphatic rings. The molecular formula is C19H21IN2O2. The molecule has 0 saturated heterocycles. The van der Waals surface area contributed by atoms with Crippen LogP contribution < -0.4 is 10.6 Å². The fourth-order valence-electron chi connectivity index (χ4n) is 2.35. The summed E-state index contributed by atoms with van der Waals surface area (Å²) in [5.41, 5.74) is 2.01. The van der Waals surface area contributed by atoms with E-state index >= 15 is 0 Å². The number of carbonyl (C=O) groups is 2. The van der Waals surface area contributed by atoms with Crippen LogP contribution >= 0.6 is 22.6 Å². The van der Waals surface area contributed by atoms with Crippen LogP contribution in [-0.2, 0) is 4.79 Å². The van der Waals surface area contributed by atoms with Crippen LogP contribution in [-0.4, -0.2) is 11.8 Å². The maximum atomic E-state index is 12.2. The number of amides is 2. The van der Waals surface area contributed by atoms with Crippen LogP contribution in [0.3, 0.4) is 0 Å². The number of rotatable bonds is 6. The van der Waals surface area contributed by atoms with Gasteiger partial charge in [-0.1, -0.05) is 13.8 Å². The van der Waals surface area contributed by atoms with Crippen molar-refractivity contribution in [2.45, 2.75) is 26.7 Å². The molecule has 0 atom stereocenters. The van der Waals surface area contributed by atoms with Gasteiger partial charge in [-0.05, 0) is 84.0 Å². The molecule has 5 heteroatoms. The minimum atomic E-state index is -0.172. The molecule has 126 valence electrons. The van der Waals surface area contributed by atoms with Crippen LogP contribution in [0.15, 0.2) is 48.5 Å². The number of hydrogen-bond donors (Lipinski definition) is 2. The third kappa shape index (κ3) is 5.06. The van der Waals surface area contributed by atoms with Crippen molar-refractivity contribution in [3.05, 3.63) is 57.7 Å². The molecule has 0 bridgehead atoms. The zero-order valence-corrected chi connectivity index (χ0v) is 16.0. The first-order valence-corrected chi connectivity index (χ1v) is 9.09. The second-order valence-corrected chi connectivity index (χ2v) is 6.79. The van der Waals surface area contributed by atoms with E-state index in [0.29, 0.717) is 11.3 Å². The molecule has 0 radical (unpaired) electrons. The summed E-state index contributed by atoms with van der Waals surface area (Å²) >= 11 is 2.22. The average Bonchev–Trinajstić information content (AvgIpc) is 2.58. The van der Waals surface area contributed by atoms with Gasteiger partial charge in [-0.25, -0.2) is 0 Å². The van der Waals surface area contributed by atoms with E-state index in [4.69, 9.17) is 0 Å². The second-order valence-electron chi connectivity index (χ2n) is 5.54. The van der Waals surface area contributed by atoms with E-state index in [9.17, 15) is 9.59 Å². The molecule has 24 heavy (non-hydrogen) atoms. The first kappa shape index (κ1) is 18.4. The summed E-state index contributed by atoms with van der Waals surface area (Å²) in [5.74, 6) is -0.126. The molecule has 0 aliphatic heterocycles. The normalized spacial score (nSPS) is 10.5. The number of anilines is 2. The Hall–Kier alpha value is -1.89. The van der Waals surface area contributed by atoms with Gasteiger partial charge in [-0.15, -0.1) is 0 Å². The Morgan fingerprint density at radius 1 is 0.875 bits per heavy atom. The molecule has 0 aliphatic carbocycles. The van der Waals surface area contributed by atoms with Crippen molar-refractivity contribution in [1.82, 2.24) is 0 Å². The van der Waals surface area contributed by atoms with Crippen LogP contribution in [0.2, 0.25) is 0 Å². The van der Waals surface area contributed by atoms with Gasteiger partial charge in [0.15, 0.2) is 0 Å². The van der Waals surface area contributed by atoms with Crippen molar-refractivity contribution in [3.63, 3.8) is 0 Å². The van der Waals surface area contributed by atoms with E-state index in [1.807, 2.05) is 38.1 Å². The van der Waals surface area contributed by atoms with Gasteiger partial charge in [0.25, 0.3) is 5.91 Å². The van der Waals surface area contributed by atoms with Crippen LogP contribution in [0, 0.1) is 9.49 Å². The maximum Gasteiger partial charge on any atom is 0.255 e. The zero-order chi connectivity index (χ0) is 17.5. The summed E-state index contributed by atoms with van der Waals surface area (Å²) in [4.78, 5) is 24.3. The SMILES string of the molecule is CCC(CC)C(=O)Nc1ccc(C(=O)Nc2ccc(I)cc2)cc1. The number of benzene rings is 2. The Labute approximate surface area is 156 Å². The number of nitrogens with one attached hydrogen (secondary N) is 2. The lowest BCUT2D eigenvalue weighted by molar-refractivity contribution is -0.120. The molecule has 0 saturated carbocycles. The highest BCUT2D eigenvalue weighted by Crippen LogP contribution is 2.16. The summed E-state index contributed by atoms with van der Waals surface area (Å²) in [6.07, 6.45) is 1.64. The molecule has 0 aromatic heterocycles. The van der Waals surface area contributed by atoms with Crippen LogP contribution in [0.5, 0.6) is 0 Å². The Morgan fingerprint density at radius 2 is 1.38 bits per heavy atom. The molecule has 0 fully saturated rings. The quantitative estimate of drug-likeness (QED) is 0.632.